The molecule has 0 atom stereocenters. The summed E-state index contributed by atoms with van der Waals surface area (Å²) in [5.74, 6) is 0.00168. The van der Waals surface area contributed by atoms with Gasteiger partial charge in [-0.25, -0.2) is 4.79 Å². The van der Waals surface area contributed by atoms with E-state index in [-0.39, 0.29) is 18.0 Å². The van der Waals surface area contributed by atoms with Crippen LogP contribution in [0.25, 0.3) is 0 Å². The van der Waals surface area contributed by atoms with Crippen molar-refractivity contribution in [3.05, 3.63) is 22.2 Å². The van der Waals surface area contributed by atoms with Crippen LogP contribution in [-0.2, 0) is 11.2 Å². The lowest BCUT2D eigenvalue weighted by molar-refractivity contribution is -0.116. The van der Waals surface area contributed by atoms with Crippen molar-refractivity contribution in [1.82, 2.24) is 5.32 Å². The van der Waals surface area contributed by atoms with Crippen LogP contribution < -0.4 is 15.5 Å². The van der Waals surface area contributed by atoms with Gasteiger partial charge < -0.3 is 15.5 Å². The standard InChI is InChI=1S/C17H22BrN3O2/c1-11(22)21-8-7-12-9-13(18)10-15(16(12)21)20-17(23)19-14-5-3-2-4-6-14/h9-10,14H,2-8H2,1H3,(H2,19,20,23). The van der Waals surface area contributed by atoms with Crippen molar-refractivity contribution in [2.45, 2.75) is 51.5 Å². The largest absolute Gasteiger partial charge is 0.335 e. The predicted octanol–water partition coefficient (Wildman–Crippen LogP) is 3.81. The number of hydrogen-bond donors (Lipinski definition) is 2. The van der Waals surface area contributed by atoms with Gasteiger partial charge in [-0.05, 0) is 37.0 Å². The molecule has 3 rings (SSSR count). The van der Waals surface area contributed by atoms with Gasteiger partial charge in [-0.1, -0.05) is 35.2 Å². The summed E-state index contributed by atoms with van der Waals surface area (Å²) in [6, 6.07) is 3.95. The number of nitrogens with zero attached hydrogens (tertiary/aromatic N) is 1. The van der Waals surface area contributed by atoms with Gasteiger partial charge >= 0.3 is 6.03 Å². The van der Waals surface area contributed by atoms with Gasteiger partial charge in [0.2, 0.25) is 5.91 Å². The molecule has 1 aliphatic heterocycles. The molecule has 23 heavy (non-hydrogen) atoms. The summed E-state index contributed by atoms with van der Waals surface area (Å²) in [7, 11) is 0. The molecular formula is C17H22BrN3O2. The van der Waals surface area contributed by atoms with Crippen molar-refractivity contribution in [2.24, 2.45) is 0 Å². The van der Waals surface area contributed by atoms with E-state index in [0.29, 0.717) is 12.2 Å². The molecule has 1 aromatic rings. The third-order valence-corrected chi connectivity index (χ3v) is 5.05. The summed E-state index contributed by atoms with van der Waals surface area (Å²) in [5, 5.41) is 5.99. The molecule has 1 aromatic carbocycles. The Hall–Kier alpha value is -1.56. The van der Waals surface area contributed by atoms with E-state index in [2.05, 4.69) is 26.6 Å². The maximum atomic E-state index is 12.3. The van der Waals surface area contributed by atoms with Gasteiger partial charge in [0.1, 0.15) is 0 Å². The first-order valence-corrected chi connectivity index (χ1v) is 9.02. The van der Waals surface area contributed by atoms with Crippen LogP contribution in [-0.4, -0.2) is 24.5 Å². The fraction of sp³-hybridized carbons (Fsp3) is 0.529. The second-order valence-corrected chi connectivity index (χ2v) is 7.23. The Labute approximate surface area is 144 Å². The van der Waals surface area contributed by atoms with Crippen LogP contribution >= 0.6 is 15.9 Å². The molecule has 124 valence electrons. The van der Waals surface area contributed by atoms with Gasteiger partial charge in [-0.3, -0.25) is 4.79 Å². The van der Waals surface area contributed by atoms with Gasteiger partial charge in [0, 0.05) is 24.0 Å². The Morgan fingerprint density at radius 3 is 2.65 bits per heavy atom. The molecule has 1 aliphatic carbocycles. The van der Waals surface area contributed by atoms with Crippen LogP contribution in [0.5, 0.6) is 0 Å². The fourth-order valence-electron chi connectivity index (χ4n) is 3.51. The molecule has 1 heterocycles. The highest BCUT2D eigenvalue weighted by Gasteiger charge is 2.27. The molecule has 1 saturated carbocycles. The van der Waals surface area contributed by atoms with Gasteiger partial charge in [0.05, 0.1) is 11.4 Å². The highest BCUT2D eigenvalue weighted by Crippen LogP contribution is 2.38. The molecule has 0 spiro atoms. The number of amides is 3. The summed E-state index contributed by atoms with van der Waals surface area (Å²) < 4.78 is 0.912. The minimum absolute atomic E-state index is 0.00168. The van der Waals surface area contributed by atoms with Crippen LogP contribution in [0.1, 0.15) is 44.6 Å². The first kappa shape index (κ1) is 16.3. The van der Waals surface area contributed by atoms with E-state index >= 15 is 0 Å². The number of hydrogen-bond acceptors (Lipinski definition) is 2. The number of fused-ring (bicyclic) bond motifs is 1. The van der Waals surface area contributed by atoms with Crippen LogP contribution in [0.4, 0.5) is 16.2 Å². The van der Waals surface area contributed by atoms with Gasteiger partial charge in [0.25, 0.3) is 0 Å². The predicted molar refractivity (Wildman–Crippen MR) is 94.9 cm³/mol. The molecule has 1 fully saturated rings. The van der Waals surface area contributed by atoms with E-state index in [4.69, 9.17) is 0 Å². The highest BCUT2D eigenvalue weighted by atomic mass is 79.9. The summed E-state index contributed by atoms with van der Waals surface area (Å²) >= 11 is 3.49. The molecule has 0 bridgehead atoms. The lowest BCUT2D eigenvalue weighted by atomic mass is 9.96. The number of nitrogens with one attached hydrogen (secondary N) is 2. The maximum Gasteiger partial charge on any atom is 0.319 e. The third-order valence-electron chi connectivity index (χ3n) is 4.60. The van der Waals surface area contributed by atoms with Gasteiger partial charge in [-0.15, -0.1) is 0 Å². The fourth-order valence-corrected chi connectivity index (χ4v) is 4.02. The minimum Gasteiger partial charge on any atom is -0.335 e. The minimum atomic E-state index is -0.187. The number of anilines is 2. The average Bonchev–Trinajstić information content (AvgIpc) is 2.92. The molecule has 5 nitrogen and oxygen atoms in total. The van der Waals surface area contributed by atoms with Crippen molar-refractivity contribution < 1.29 is 9.59 Å². The van der Waals surface area contributed by atoms with Gasteiger partial charge in [-0.2, -0.15) is 0 Å². The first-order chi connectivity index (χ1) is 11.0. The number of rotatable bonds is 2. The molecular weight excluding hydrogens is 358 g/mol. The third kappa shape index (κ3) is 3.68. The van der Waals surface area contributed by atoms with E-state index in [1.165, 1.54) is 19.3 Å². The smallest absolute Gasteiger partial charge is 0.319 e. The molecule has 0 saturated heterocycles. The molecule has 2 N–H and O–H groups in total. The SMILES string of the molecule is CC(=O)N1CCc2cc(Br)cc(NC(=O)NC3CCCCC3)c21. The van der Waals surface area contributed by atoms with Crippen molar-refractivity contribution >= 4 is 39.2 Å². The zero-order chi connectivity index (χ0) is 16.4. The van der Waals surface area contributed by atoms with Crippen molar-refractivity contribution in [2.75, 3.05) is 16.8 Å². The van der Waals surface area contributed by atoms with Crippen LogP contribution in [0.2, 0.25) is 0 Å². The lowest BCUT2D eigenvalue weighted by Crippen LogP contribution is -2.39. The molecule has 0 aromatic heterocycles. The topological polar surface area (TPSA) is 61.4 Å². The molecule has 0 unspecified atom stereocenters. The monoisotopic (exact) mass is 379 g/mol. The van der Waals surface area contributed by atoms with E-state index in [1.54, 1.807) is 11.8 Å². The zero-order valence-electron chi connectivity index (χ0n) is 13.3. The van der Waals surface area contributed by atoms with Gasteiger partial charge in [0.15, 0.2) is 0 Å². The highest BCUT2D eigenvalue weighted by molar-refractivity contribution is 9.10. The Kier molecular flexibility index (Phi) is 4.90. The van der Waals surface area contributed by atoms with Crippen molar-refractivity contribution in [3.63, 3.8) is 0 Å². The van der Waals surface area contributed by atoms with Crippen molar-refractivity contribution in [3.8, 4) is 0 Å². The van der Waals surface area contributed by atoms with Crippen LogP contribution in [0.3, 0.4) is 0 Å². The molecule has 6 heteroatoms. The Morgan fingerprint density at radius 1 is 1.22 bits per heavy atom. The Bertz CT molecular complexity index is 627. The molecule has 0 radical (unpaired) electrons. The summed E-state index contributed by atoms with van der Waals surface area (Å²) in [6.45, 7) is 2.23. The van der Waals surface area contributed by atoms with E-state index in [0.717, 1.165) is 35.0 Å². The number of urea groups is 1. The second-order valence-electron chi connectivity index (χ2n) is 6.32. The lowest BCUT2D eigenvalue weighted by Gasteiger charge is -2.24. The van der Waals surface area contributed by atoms with Crippen molar-refractivity contribution in [1.29, 1.82) is 0 Å². The first-order valence-electron chi connectivity index (χ1n) is 8.22. The summed E-state index contributed by atoms with van der Waals surface area (Å²) in [5.41, 5.74) is 2.61. The normalized spacial score (nSPS) is 17.7. The van der Waals surface area contributed by atoms with Crippen LogP contribution in [0, 0.1) is 0 Å². The number of carbonyl (C=O) groups is 2. The summed E-state index contributed by atoms with van der Waals surface area (Å²) in [4.78, 5) is 25.9. The molecule has 2 aliphatic rings. The summed E-state index contributed by atoms with van der Waals surface area (Å²) in [6.07, 6.45) is 6.51. The van der Waals surface area contributed by atoms with E-state index < -0.39 is 0 Å². The number of halogens is 1. The maximum absolute atomic E-state index is 12.3. The Balaban J connectivity index is 1.77. The van der Waals surface area contributed by atoms with E-state index in [1.807, 2.05) is 12.1 Å². The van der Waals surface area contributed by atoms with Crippen LogP contribution in [0.15, 0.2) is 16.6 Å². The quantitative estimate of drug-likeness (QED) is 0.820. The molecule has 3 amide bonds. The average molecular weight is 380 g/mol. The number of carbonyl (C=O) groups excluding carboxylic acids is 2. The number of benzene rings is 1. The second kappa shape index (κ2) is 6.91. The van der Waals surface area contributed by atoms with E-state index in [9.17, 15) is 9.59 Å². The Morgan fingerprint density at radius 2 is 1.96 bits per heavy atom. The zero-order valence-corrected chi connectivity index (χ0v) is 14.9.